The molecule has 0 radical (unpaired) electrons. The first kappa shape index (κ1) is 14.2. The molecule has 2 rings (SSSR count). The molecule has 7 heteroatoms. The van der Waals surface area contributed by atoms with E-state index in [1.807, 2.05) is 0 Å². The lowest BCUT2D eigenvalue weighted by molar-refractivity contribution is 0.312. The van der Waals surface area contributed by atoms with Crippen molar-refractivity contribution in [2.24, 2.45) is 0 Å². The summed E-state index contributed by atoms with van der Waals surface area (Å²) < 4.78 is 26.0. The van der Waals surface area contributed by atoms with Gasteiger partial charge < -0.3 is 9.80 Å². The fourth-order valence-corrected chi connectivity index (χ4v) is 3.01. The van der Waals surface area contributed by atoms with Crippen LogP contribution in [0.4, 0.5) is 5.82 Å². The molecule has 0 aromatic carbocycles. The Morgan fingerprint density at radius 2 is 1.95 bits per heavy atom. The highest BCUT2D eigenvalue weighted by Gasteiger charge is 2.17. The summed E-state index contributed by atoms with van der Waals surface area (Å²) in [5.74, 6) is 0.837. The second kappa shape index (κ2) is 5.85. The van der Waals surface area contributed by atoms with Gasteiger partial charge in [-0.15, -0.1) is 0 Å². The number of nitrogens with zero attached hydrogens (tertiary/aromatic N) is 3. The quantitative estimate of drug-likeness (QED) is 0.851. The highest BCUT2D eigenvalue weighted by Crippen LogP contribution is 2.15. The maximum Gasteiger partial charge on any atom is 0.242 e. The number of hydrogen-bond acceptors (Lipinski definition) is 5. The highest BCUT2D eigenvalue weighted by molar-refractivity contribution is 7.89. The van der Waals surface area contributed by atoms with Crippen molar-refractivity contribution >= 4 is 15.8 Å². The molecule has 0 aliphatic carbocycles. The fourth-order valence-electron chi connectivity index (χ4n) is 2.03. The predicted octanol–water partition coefficient (Wildman–Crippen LogP) is 0.132. The van der Waals surface area contributed by atoms with Gasteiger partial charge in [0.2, 0.25) is 10.0 Å². The molecule has 1 aliphatic rings. The lowest BCUT2D eigenvalue weighted by atomic mass is 10.3. The molecule has 106 valence electrons. The van der Waals surface area contributed by atoms with Crippen molar-refractivity contribution in [3.05, 3.63) is 18.3 Å². The van der Waals surface area contributed by atoms with E-state index in [1.54, 1.807) is 19.1 Å². The van der Waals surface area contributed by atoms with Crippen LogP contribution in [0.3, 0.4) is 0 Å². The molecule has 1 aromatic rings. The SMILES string of the molecule is CCNS(=O)(=O)c1ccc(N2CCN(C)CC2)nc1. The summed E-state index contributed by atoms with van der Waals surface area (Å²) in [5.41, 5.74) is 0. The summed E-state index contributed by atoms with van der Waals surface area (Å²) in [5, 5.41) is 0. The summed E-state index contributed by atoms with van der Waals surface area (Å²) in [4.78, 5) is 8.91. The molecule has 0 amide bonds. The zero-order valence-corrected chi connectivity index (χ0v) is 12.2. The van der Waals surface area contributed by atoms with Crippen LogP contribution in [0.5, 0.6) is 0 Å². The van der Waals surface area contributed by atoms with Gasteiger partial charge in [-0.3, -0.25) is 0 Å². The van der Waals surface area contributed by atoms with Crippen LogP contribution in [0.2, 0.25) is 0 Å². The number of sulfonamides is 1. The van der Waals surface area contributed by atoms with Crippen LogP contribution in [0.25, 0.3) is 0 Å². The molecule has 1 N–H and O–H groups in total. The number of hydrogen-bond donors (Lipinski definition) is 1. The molecule has 0 atom stereocenters. The Morgan fingerprint density at radius 3 is 2.47 bits per heavy atom. The van der Waals surface area contributed by atoms with Gasteiger partial charge in [0.15, 0.2) is 0 Å². The van der Waals surface area contributed by atoms with Gasteiger partial charge in [0.1, 0.15) is 10.7 Å². The molecule has 1 aromatic heterocycles. The minimum Gasteiger partial charge on any atom is -0.354 e. The molecule has 6 nitrogen and oxygen atoms in total. The zero-order chi connectivity index (χ0) is 13.9. The number of rotatable bonds is 4. The van der Waals surface area contributed by atoms with Gasteiger partial charge in [-0.25, -0.2) is 18.1 Å². The van der Waals surface area contributed by atoms with E-state index in [0.717, 1.165) is 32.0 Å². The van der Waals surface area contributed by atoms with Crippen LogP contribution in [0, 0.1) is 0 Å². The van der Waals surface area contributed by atoms with E-state index in [2.05, 4.69) is 26.6 Å². The zero-order valence-electron chi connectivity index (χ0n) is 11.3. The van der Waals surface area contributed by atoms with Crippen molar-refractivity contribution in [1.82, 2.24) is 14.6 Å². The monoisotopic (exact) mass is 284 g/mol. The lowest BCUT2D eigenvalue weighted by Gasteiger charge is -2.33. The van der Waals surface area contributed by atoms with E-state index in [4.69, 9.17) is 0 Å². The number of piperazine rings is 1. The average molecular weight is 284 g/mol. The van der Waals surface area contributed by atoms with E-state index in [0.29, 0.717) is 6.54 Å². The summed E-state index contributed by atoms with van der Waals surface area (Å²) >= 11 is 0. The van der Waals surface area contributed by atoms with E-state index in [-0.39, 0.29) is 4.90 Å². The van der Waals surface area contributed by atoms with Crippen molar-refractivity contribution < 1.29 is 8.42 Å². The highest BCUT2D eigenvalue weighted by atomic mass is 32.2. The molecule has 19 heavy (non-hydrogen) atoms. The smallest absolute Gasteiger partial charge is 0.242 e. The molecule has 0 bridgehead atoms. The van der Waals surface area contributed by atoms with Crippen LogP contribution in [-0.2, 0) is 10.0 Å². The minimum atomic E-state index is -3.41. The topological polar surface area (TPSA) is 65.5 Å². The Bertz CT molecular complexity index is 507. The van der Waals surface area contributed by atoms with Crippen LogP contribution in [0.15, 0.2) is 23.2 Å². The van der Waals surface area contributed by atoms with Crippen LogP contribution < -0.4 is 9.62 Å². The van der Waals surface area contributed by atoms with Crippen LogP contribution >= 0.6 is 0 Å². The molecule has 1 fully saturated rings. The molecule has 0 unspecified atom stereocenters. The second-order valence-electron chi connectivity index (χ2n) is 4.64. The number of aromatic nitrogens is 1. The third-order valence-corrected chi connectivity index (χ3v) is 4.72. The van der Waals surface area contributed by atoms with Gasteiger partial charge in [0.25, 0.3) is 0 Å². The maximum atomic E-state index is 11.8. The normalized spacial score (nSPS) is 17.7. The summed E-state index contributed by atoms with van der Waals surface area (Å²) in [7, 11) is -1.31. The summed E-state index contributed by atoms with van der Waals surface area (Å²) in [6, 6.07) is 3.38. The van der Waals surface area contributed by atoms with Crippen LogP contribution in [0.1, 0.15) is 6.92 Å². The molecule has 1 saturated heterocycles. The first-order chi connectivity index (χ1) is 9.03. The van der Waals surface area contributed by atoms with E-state index in [9.17, 15) is 8.42 Å². The third kappa shape index (κ3) is 3.43. The van der Waals surface area contributed by atoms with Gasteiger partial charge >= 0.3 is 0 Å². The van der Waals surface area contributed by atoms with Crippen molar-refractivity contribution in [3.63, 3.8) is 0 Å². The first-order valence-corrected chi connectivity index (χ1v) is 7.90. The number of likely N-dealkylation sites (N-methyl/N-ethyl adjacent to an activating group) is 1. The molecular weight excluding hydrogens is 264 g/mol. The standard InChI is InChI=1S/C12H20N4O2S/c1-3-14-19(17,18)11-4-5-12(13-10-11)16-8-6-15(2)7-9-16/h4-5,10,14H,3,6-9H2,1-2H3. The number of anilines is 1. The second-order valence-corrected chi connectivity index (χ2v) is 6.41. The molecule has 0 saturated carbocycles. The summed E-state index contributed by atoms with van der Waals surface area (Å²) in [6.07, 6.45) is 1.42. The lowest BCUT2D eigenvalue weighted by Crippen LogP contribution is -2.44. The van der Waals surface area contributed by atoms with Gasteiger partial charge in [0, 0.05) is 38.9 Å². The van der Waals surface area contributed by atoms with E-state index < -0.39 is 10.0 Å². The van der Waals surface area contributed by atoms with E-state index in [1.165, 1.54) is 6.20 Å². The largest absolute Gasteiger partial charge is 0.354 e. The van der Waals surface area contributed by atoms with Gasteiger partial charge in [-0.05, 0) is 19.2 Å². The average Bonchev–Trinajstić information content (AvgIpc) is 2.40. The Balaban J connectivity index is 2.10. The Morgan fingerprint density at radius 1 is 1.26 bits per heavy atom. The van der Waals surface area contributed by atoms with Crippen molar-refractivity contribution in [1.29, 1.82) is 0 Å². The van der Waals surface area contributed by atoms with Gasteiger partial charge in [-0.1, -0.05) is 6.92 Å². The number of nitrogens with one attached hydrogen (secondary N) is 1. The Labute approximate surface area is 114 Å². The fraction of sp³-hybridized carbons (Fsp3) is 0.583. The van der Waals surface area contributed by atoms with Crippen molar-refractivity contribution in [3.8, 4) is 0 Å². The van der Waals surface area contributed by atoms with E-state index >= 15 is 0 Å². The number of pyridine rings is 1. The van der Waals surface area contributed by atoms with Crippen molar-refractivity contribution in [2.75, 3.05) is 44.7 Å². The molecule has 1 aliphatic heterocycles. The first-order valence-electron chi connectivity index (χ1n) is 6.42. The molecule has 0 spiro atoms. The third-order valence-electron chi connectivity index (χ3n) is 3.19. The Hall–Kier alpha value is -1.18. The van der Waals surface area contributed by atoms with Crippen LogP contribution in [-0.4, -0.2) is 58.1 Å². The van der Waals surface area contributed by atoms with Gasteiger partial charge in [0.05, 0.1) is 0 Å². The molecular formula is C12H20N4O2S. The van der Waals surface area contributed by atoms with Crippen molar-refractivity contribution in [2.45, 2.75) is 11.8 Å². The minimum absolute atomic E-state index is 0.215. The van der Waals surface area contributed by atoms with Gasteiger partial charge in [-0.2, -0.15) is 0 Å². The maximum absolute atomic E-state index is 11.8. The molecule has 2 heterocycles. The Kier molecular flexibility index (Phi) is 4.38. The summed E-state index contributed by atoms with van der Waals surface area (Å²) in [6.45, 7) is 5.97. The predicted molar refractivity (Wildman–Crippen MR) is 74.8 cm³/mol.